The van der Waals surface area contributed by atoms with Crippen molar-refractivity contribution in [3.8, 4) is 5.75 Å². The zero-order valence-corrected chi connectivity index (χ0v) is 10.6. The summed E-state index contributed by atoms with van der Waals surface area (Å²) in [4.78, 5) is 1.81. The third-order valence-electron chi connectivity index (χ3n) is 2.74. The first-order valence-corrected chi connectivity index (χ1v) is 5.97. The van der Waals surface area contributed by atoms with Crippen molar-refractivity contribution in [3.05, 3.63) is 29.8 Å². The minimum absolute atomic E-state index is 0.00479. The molecule has 0 aliphatic rings. The molecule has 0 fully saturated rings. The summed E-state index contributed by atoms with van der Waals surface area (Å²) < 4.78 is 5.10. The van der Waals surface area contributed by atoms with Crippen LogP contribution >= 0.6 is 0 Å². The summed E-state index contributed by atoms with van der Waals surface area (Å²) in [5.74, 6) is 0.697. The van der Waals surface area contributed by atoms with Crippen molar-refractivity contribution in [3.63, 3.8) is 0 Å². The molecule has 0 saturated heterocycles. The van der Waals surface area contributed by atoms with Gasteiger partial charge in [0, 0.05) is 19.6 Å². The van der Waals surface area contributed by atoms with E-state index in [1.165, 1.54) is 0 Å². The van der Waals surface area contributed by atoms with Gasteiger partial charge in [-0.05, 0) is 17.7 Å². The molecule has 1 aromatic rings. The summed E-state index contributed by atoms with van der Waals surface area (Å²) >= 11 is 0. The second kappa shape index (κ2) is 8.05. The van der Waals surface area contributed by atoms with Gasteiger partial charge in [-0.3, -0.25) is 4.90 Å². The van der Waals surface area contributed by atoms with Crippen LogP contribution in [-0.2, 0) is 0 Å². The monoisotopic (exact) mass is 255 g/mol. The highest BCUT2D eigenvalue weighted by Crippen LogP contribution is 2.19. The lowest BCUT2D eigenvalue weighted by Gasteiger charge is -2.23. The van der Waals surface area contributed by atoms with Crippen molar-refractivity contribution in [2.24, 2.45) is 0 Å². The van der Waals surface area contributed by atoms with E-state index in [0.29, 0.717) is 25.4 Å². The topological polar surface area (TPSA) is 73.2 Å². The summed E-state index contributed by atoms with van der Waals surface area (Å²) in [7, 11) is 1.58. The molecule has 5 nitrogen and oxygen atoms in total. The maximum Gasteiger partial charge on any atom is 0.119 e. The largest absolute Gasteiger partial charge is 0.497 e. The van der Waals surface area contributed by atoms with E-state index in [9.17, 15) is 5.11 Å². The number of benzene rings is 1. The van der Waals surface area contributed by atoms with Gasteiger partial charge in [0.15, 0.2) is 0 Å². The molecule has 0 aromatic heterocycles. The van der Waals surface area contributed by atoms with Gasteiger partial charge in [0.2, 0.25) is 0 Å². The number of nitrogens with zero attached hydrogens (tertiary/aromatic N) is 1. The Kier molecular flexibility index (Phi) is 6.67. The van der Waals surface area contributed by atoms with Crippen molar-refractivity contribution >= 4 is 0 Å². The molecule has 3 N–H and O–H groups in total. The Bertz CT molecular complexity index is 340. The van der Waals surface area contributed by atoms with Crippen LogP contribution in [0.25, 0.3) is 0 Å². The quantitative estimate of drug-likeness (QED) is 0.610. The Morgan fingerprint density at radius 2 is 1.89 bits per heavy atom. The van der Waals surface area contributed by atoms with E-state index < -0.39 is 6.10 Å². The van der Waals surface area contributed by atoms with E-state index in [-0.39, 0.29) is 13.2 Å². The van der Waals surface area contributed by atoms with Gasteiger partial charge in [-0.1, -0.05) is 12.1 Å². The van der Waals surface area contributed by atoms with E-state index in [1.54, 1.807) is 13.2 Å². The third-order valence-corrected chi connectivity index (χ3v) is 2.74. The minimum atomic E-state index is -0.668. The van der Waals surface area contributed by atoms with Gasteiger partial charge in [0.25, 0.3) is 0 Å². The first kappa shape index (κ1) is 14.9. The molecule has 0 saturated carbocycles. The van der Waals surface area contributed by atoms with Crippen LogP contribution in [0.2, 0.25) is 0 Å². The number of methoxy groups -OCH3 is 1. The van der Waals surface area contributed by atoms with Gasteiger partial charge in [-0.2, -0.15) is 0 Å². The molecule has 0 aliphatic heterocycles. The first-order chi connectivity index (χ1) is 8.71. The summed E-state index contributed by atoms with van der Waals surface area (Å²) in [5, 5.41) is 27.9. The fourth-order valence-electron chi connectivity index (χ4n) is 1.78. The fraction of sp³-hybridized carbons (Fsp3) is 0.538. The Morgan fingerprint density at radius 1 is 1.22 bits per heavy atom. The highest BCUT2D eigenvalue weighted by atomic mass is 16.5. The Morgan fingerprint density at radius 3 is 2.44 bits per heavy atom. The maximum atomic E-state index is 10.1. The SMILES string of the molecule is COc1cccc(C(O)CN(CCO)CCO)c1. The van der Waals surface area contributed by atoms with Gasteiger partial charge in [-0.15, -0.1) is 0 Å². The minimum Gasteiger partial charge on any atom is -0.497 e. The van der Waals surface area contributed by atoms with Crippen LogP contribution in [0, 0.1) is 0 Å². The van der Waals surface area contributed by atoms with Crippen LogP contribution in [0.15, 0.2) is 24.3 Å². The summed E-state index contributed by atoms with van der Waals surface area (Å²) in [6.07, 6.45) is -0.668. The molecule has 1 atom stereocenters. The zero-order chi connectivity index (χ0) is 13.4. The molecule has 102 valence electrons. The van der Waals surface area contributed by atoms with E-state index in [4.69, 9.17) is 14.9 Å². The van der Waals surface area contributed by atoms with Gasteiger partial charge in [0.05, 0.1) is 26.4 Å². The lowest BCUT2D eigenvalue weighted by atomic mass is 10.1. The molecule has 18 heavy (non-hydrogen) atoms. The maximum absolute atomic E-state index is 10.1. The van der Waals surface area contributed by atoms with Gasteiger partial charge < -0.3 is 20.1 Å². The molecule has 0 spiro atoms. The number of hydrogen-bond acceptors (Lipinski definition) is 5. The Labute approximate surface area is 107 Å². The standard InChI is InChI=1S/C13H21NO4/c1-18-12-4-2-3-11(9-12)13(17)10-14(5-7-15)6-8-16/h2-4,9,13,15-17H,5-8,10H2,1H3. The molecule has 0 aliphatic carbocycles. The van der Waals surface area contributed by atoms with Gasteiger partial charge >= 0.3 is 0 Å². The van der Waals surface area contributed by atoms with Crippen LogP contribution in [-0.4, -0.2) is 60.2 Å². The van der Waals surface area contributed by atoms with E-state index in [0.717, 1.165) is 5.56 Å². The van der Waals surface area contributed by atoms with Crippen molar-refractivity contribution < 1.29 is 20.1 Å². The average Bonchev–Trinajstić information content (AvgIpc) is 2.39. The predicted octanol–water partition coefficient (Wildman–Crippen LogP) is 0.0152. The normalized spacial score (nSPS) is 12.7. The smallest absolute Gasteiger partial charge is 0.119 e. The van der Waals surface area contributed by atoms with Crippen molar-refractivity contribution in [2.45, 2.75) is 6.10 Å². The second-order valence-electron chi connectivity index (χ2n) is 4.04. The van der Waals surface area contributed by atoms with Crippen molar-refractivity contribution in [1.29, 1.82) is 0 Å². The lowest BCUT2D eigenvalue weighted by Crippen LogP contribution is -2.33. The van der Waals surface area contributed by atoms with E-state index in [1.807, 2.05) is 23.1 Å². The highest BCUT2D eigenvalue weighted by Gasteiger charge is 2.13. The highest BCUT2D eigenvalue weighted by molar-refractivity contribution is 5.29. The van der Waals surface area contributed by atoms with Crippen LogP contribution in [0.4, 0.5) is 0 Å². The molecule has 1 aromatic carbocycles. The summed E-state index contributed by atoms with van der Waals surface area (Å²) in [5.41, 5.74) is 0.759. The van der Waals surface area contributed by atoms with Crippen LogP contribution < -0.4 is 4.74 Å². The summed E-state index contributed by atoms with van der Waals surface area (Å²) in [6, 6.07) is 7.24. The number of rotatable bonds is 8. The third kappa shape index (κ3) is 4.62. The summed E-state index contributed by atoms with van der Waals surface area (Å²) in [6.45, 7) is 1.24. The molecule has 0 radical (unpaired) electrons. The average molecular weight is 255 g/mol. The molecule has 0 heterocycles. The first-order valence-electron chi connectivity index (χ1n) is 5.97. The number of aliphatic hydroxyl groups excluding tert-OH is 3. The fourth-order valence-corrected chi connectivity index (χ4v) is 1.78. The molecular formula is C13H21NO4. The molecular weight excluding hydrogens is 234 g/mol. The van der Waals surface area contributed by atoms with Crippen molar-refractivity contribution in [1.82, 2.24) is 4.90 Å². The van der Waals surface area contributed by atoms with Crippen molar-refractivity contribution in [2.75, 3.05) is 40.0 Å². The Balaban J connectivity index is 2.63. The second-order valence-corrected chi connectivity index (χ2v) is 4.04. The Hall–Kier alpha value is -1.14. The molecule has 1 rings (SSSR count). The molecule has 1 unspecified atom stereocenters. The number of ether oxygens (including phenoxy) is 1. The van der Waals surface area contributed by atoms with Crippen LogP contribution in [0.5, 0.6) is 5.75 Å². The number of hydrogen-bond donors (Lipinski definition) is 3. The van der Waals surface area contributed by atoms with Crippen LogP contribution in [0.1, 0.15) is 11.7 Å². The molecule has 5 heteroatoms. The molecule has 0 amide bonds. The number of aliphatic hydroxyl groups is 3. The van der Waals surface area contributed by atoms with Crippen LogP contribution in [0.3, 0.4) is 0 Å². The van der Waals surface area contributed by atoms with Gasteiger partial charge in [-0.25, -0.2) is 0 Å². The zero-order valence-electron chi connectivity index (χ0n) is 10.6. The van der Waals surface area contributed by atoms with Gasteiger partial charge in [0.1, 0.15) is 5.75 Å². The lowest BCUT2D eigenvalue weighted by molar-refractivity contribution is 0.0873. The van der Waals surface area contributed by atoms with E-state index >= 15 is 0 Å². The van der Waals surface area contributed by atoms with E-state index in [2.05, 4.69) is 0 Å². The molecule has 0 bridgehead atoms. The predicted molar refractivity (Wildman–Crippen MR) is 68.6 cm³/mol.